The van der Waals surface area contributed by atoms with E-state index >= 15 is 0 Å². The Hall–Kier alpha value is -3.07. The second-order valence-electron chi connectivity index (χ2n) is 5.55. The zero-order chi connectivity index (χ0) is 19.1. The highest BCUT2D eigenvalue weighted by atomic mass is 32.1. The monoisotopic (exact) mass is 389 g/mol. The van der Waals surface area contributed by atoms with Crippen LogP contribution >= 0.6 is 11.3 Å². The summed E-state index contributed by atoms with van der Waals surface area (Å²) in [6.45, 7) is -0.409. The number of halogens is 1. The number of esters is 1. The SMILES string of the molecule is O=C(COC(=O)CCc1nc(-c2ccsc2)no1)NCc1ccccc1F. The average Bonchev–Trinajstić information content (AvgIpc) is 3.35. The van der Waals surface area contributed by atoms with Crippen LogP contribution in [0.1, 0.15) is 17.9 Å². The summed E-state index contributed by atoms with van der Waals surface area (Å²) in [6.07, 6.45) is 0.221. The molecule has 1 N–H and O–H groups in total. The first-order valence-corrected chi connectivity index (χ1v) is 9.07. The molecule has 0 unspecified atom stereocenters. The third kappa shape index (κ3) is 5.45. The molecule has 0 fully saturated rings. The number of ether oxygens (including phenoxy) is 1. The Morgan fingerprint density at radius 2 is 2.11 bits per heavy atom. The van der Waals surface area contributed by atoms with Gasteiger partial charge in [0, 0.05) is 29.5 Å². The van der Waals surface area contributed by atoms with Gasteiger partial charge in [0.1, 0.15) is 5.82 Å². The van der Waals surface area contributed by atoms with E-state index < -0.39 is 24.3 Å². The zero-order valence-electron chi connectivity index (χ0n) is 14.2. The Bertz CT molecular complexity index is 911. The lowest BCUT2D eigenvalue weighted by atomic mass is 10.2. The smallest absolute Gasteiger partial charge is 0.306 e. The summed E-state index contributed by atoms with van der Waals surface area (Å²) >= 11 is 1.52. The van der Waals surface area contributed by atoms with Gasteiger partial charge in [-0.1, -0.05) is 23.4 Å². The van der Waals surface area contributed by atoms with Crippen molar-refractivity contribution < 1.29 is 23.2 Å². The number of amides is 1. The molecule has 0 spiro atoms. The van der Waals surface area contributed by atoms with Crippen molar-refractivity contribution >= 4 is 23.2 Å². The van der Waals surface area contributed by atoms with Crippen LogP contribution in [-0.2, 0) is 27.3 Å². The number of benzene rings is 1. The van der Waals surface area contributed by atoms with E-state index in [1.54, 1.807) is 18.2 Å². The molecule has 140 valence electrons. The molecule has 1 aromatic carbocycles. The summed E-state index contributed by atoms with van der Waals surface area (Å²) in [5.74, 6) is -0.698. The summed E-state index contributed by atoms with van der Waals surface area (Å²) in [7, 11) is 0. The molecule has 3 aromatic rings. The Labute approximate surface area is 158 Å². The number of hydrogen-bond donors (Lipinski definition) is 1. The molecule has 0 aliphatic heterocycles. The fourth-order valence-electron chi connectivity index (χ4n) is 2.18. The van der Waals surface area contributed by atoms with Crippen molar-refractivity contribution in [3.8, 4) is 11.4 Å². The molecular formula is C18H16FN3O4S. The minimum atomic E-state index is -0.564. The van der Waals surface area contributed by atoms with Crippen LogP contribution in [0.2, 0.25) is 0 Å². The second kappa shape index (κ2) is 9.04. The molecule has 0 radical (unpaired) electrons. The highest BCUT2D eigenvalue weighted by molar-refractivity contribution is 7.08. The van der Waals surface area contributed by atoms with Crippen LogP contribution in [0.4, 0.5) is 4.39 Å². The van der Waals surface area contributed by atoms with Gasteiger partial charge in [0.2, 0.25) is 11.7 Å². The van der Waals surface area contributed by atoms with E-state index in [-0.39, 0.29) is 19.4 Å². The predicted octanol–water partition coefficient (Wildman–Crippen LogP) is 2.73. The molecule has 1 amide bonds. The fourth-order valence-corrected chi connectivity index (χ4v) is 2.81. The first-order valence-electron chi connectivity index (χ1n) is 8.12. The third-order valence-corrected chi connectivity index (χ3v) is 4.27. The van der Waals surface area contributed by atoms with Gasteiger partial charge in [-0.15, -0.1) is 0 Å². The molecule has 2 heterocycles. The third-order valence-electron chi connectivity index (χ3n) is 3.59. The molecule has 0 saturated heterocycles. The van der Waals surface area contributed by atoms with Gasteiger partial charge in [0.05, 0.1) is 6.42 Å². The van der Waals surface area contributed by atoms with E-state index in [1.165, 1.54) is 17.4 Å². The predicted molar refractivity (Wildman–Crippen MR) is 95.1 cm³/mol. The number of carbonyl (C=O) groups excluding carboxylic acids is 2. The van der Waals surface area contributed by atoms with E-state index in [1.807, 2.05) is 16.8 Å². The van der Waals surface area contributed by atoms with Crippen molar-refractivity contribution in [3.05, 3.63) is 58.4 Å². The van der Waals surface area contributed by atoms with E-state index in [0.29, 0.717) is 17.3 Å². The van der Waals surface area contributed by atoms with Crippen LogP contribution in [0.5, 0.6) is 0 Å². The van der Waals surface area contributed by atoms with Crippen LogP contribution in [-0.4, -0.2) is 28.6 Å². The van der Waals surface area contributed by atoms with Gasteiger partial charge in [-0.25, -0.2) is 4.39 Å². The van der Waals surface area contributed by atoms with Crippen molar-refractivity contribution in [3.63, 3.8) is 0 Å². The Morgan fingerprint density at radius 1 is 1.26 bits per heavy atom. The van der Waals surface area contributed by atoms with Crippen LogP contribution in [0.25, 0.3) is 11.4 Å². The standard InChI is InChI=1S/C18H16FN3O4S/c19-14-4-2-1-3-12(14)9-20-15(23)10-25-17(24)6-5-16-21-18(22-26-16)13-7-8-27-11-13/h1-4,7-8,11H,5-6,9-10H2,(H,20,23). The van der Waals surface area contributed by atoms with Gasteiger partial charge >= 0.3 is 5.97 Å². The molecule has 2 aromatic heterocycles. The molecule has 0 aliphatic rings. The molecular weight excluding hydrogens is 373 g/mol. The minimum Gasteiger partial charge on any atom is -0.456 e. The summed E-state index contributed by atoms with van der Waals surface area (Å²) in [4.78, 5) is 27.6. The van der Waals surface area contributed by atoms with Gasteiger partial charge in [0.15, 0.2) is 6.61 Å². The molecule has 27 heavy (non-hydrogen) atoms. The second-order valence-corrected chi connectivity index (χ2v) is 6.33. The number of hydrogen-bond acceptors (Lipinski definition) is 7. The first kappa shape index (κ1) is 18.7. The number of nitrogens with one attached hydrogen (secondary N) is 1. The first-order chi connectivity index (χ1) is 13.1. The van der Waals surface area contributed by atoms with Crippen LogP contribution < -0.4 is 5.32 Å². The zero-order valence-corrected chi connectivity index (χ0v) is 15.0. The number of nitrogens with zero attached hydrogens (tertiary/aromatic N) is 2. The fraction of sp³-hybridized carbons (Fsp3) is 0.222. The Balaban J connectivity index is 1.37. The quantitative estimate of drug-likeness (QED) is 0.596. The highest BCUT2D eigenvalue weighted by Crippen LogP contribution is 2.19. The van der Waals surface area contributed by atoms with Crippen molar-refractivity contribution in [1.29, 1.82) is 0 Å². The molecule has 0 aliphatic carbocycles. The molecule has 7 nitrogen and oxygen atoms in total. The van der Waals surface area contributed by atoms with Gasteiger partial charge in [-0.05, 0) is 17.5 Å². The van der Waals surface area contributed by atoms with Gasteiger partial charge in [-0.3, -0.25) is 9.59 Å². The summed E-state index contributed by atoms with van der Waals surface area (Å²) in [5, 5.41) is 10.1. The number of thiophene rings is 1. The number of rotatable bonds is 8. The van der Waals surface area contributed by atoms with Crippen LogP contribution in [0.15, 0.2) is 45.6 Å². The molecule has 0 bridgehead atoms. The largest absolute Gasteiger partial charge is 0.456 e. The maximum Gasteiger partial charge on any atom is 0.306 e. The topological polar surface area (TPSA) is 94.3 Å². The lowest BCUT2D eigenvalue weighted by Gasteiger charge is -2.07. The van der Waals surface area contributed by atoms with Crippen LogP contribution in [0, 0.1) is 5.82 Å². The van der Waals surface area contributed by atoms with E-state index in [2.05, 4.69) is 15.5 Å². The molecule has 3 rings (SSSR count). The van der Waals surface area contributed by atoms with E-state index in [0.717, 1.165) is 5.56 Å². The van der Waals surface area contributed by atoms with E-state index in [4.69, 9.17) is 9.26 Å². The maximum atomic E-state index is 13.5. The van der Waals surface area contributed by atoms with Gasteiger partial charge in [0.25, 0.3) is 5.91 Å². The summed E-state index contributed by atoms with van der Waals surface area (Å²) < 4.78 is 23.4. The summed E-state index contributed by atoms with van der Waals surface area (Å²) in [6, 6.07) is 7.98. The molecule has 0 atom stereocenters. The number of aromatic nitrogens is 2. The number of aryl methyl sites for hydroxylation is 1. The van der Waals surface area contributed by atoms with Gasteiger partial charge in [-0.2, -0.15) is 16.3 Å². The highest BCUT2D eigenvalue weighted by Gasteiger charge is 2.13. The van der Waals surface area contributed by atoms with Crippen molar-refractivity contribution in [2.45, 2.75) is 19.4 Å². The lowest BCUT2D eigenvalue weighted by Crippen LogP contribution is -2.28. The van der Waals surface area contributed by atoms with Crippen molar-refractivity contribution in [1.82, 2.24) is 15.5 Å². The van der Waals surface area contributed by atoms with Gasteiger partial charge < -0.3 is 14.6 Å². The lowest BCUT2D eigenvalue weighted by molar-refractivity contribution is -0.148. The number of carbonyl (C=O) groups is 2. The van der Waals surface area contributed by atoms with Crippen molar-refractivity contribution in [2.75, 3.05) is 6.61 Å². The molecule has 9 heteroatoms. The molecule has 0 saturated carbocycles. The summed E-state index contributed by atoms with van der Waals surface area (Å²) in [5.41, 5.74) is 1.21. The minimum absolute atomic E-state index is 0.00582. The Kier molecular flexibility index (Phi) is 6.26. The normalized spacial score (nSPS) is 10.6. The average molecular weight is 389 g/mol. The maximum absolute atomic E-state index is 13.5. The van der Waals surface area contributed by atoms with Crippen molar-refractivity contribution in [2.24, 2.45) is 0 Å². The van der Waals surface area contributed by atoms with E-state index in [9.17, 15) is 14.0 Å². The van der Waals surface area contributed by atoms with Crippen LogP contribution in [0.3, 0.4) is 0 Å². The Morgan fingerprint density at radius 3 is 2.89 bits per heavy atom.